The molecule has 11 heteroatoms. The normalized spacial score (nSPS) is 16.3. The van der Waals surface area contributed by atoms with Gasteiger partial charge in [-0.3, -0.25) is 9.59 Å². The lowest BCUT2D eigenvalue weighted by Crippen LogP contribution is -2.47. The van der Waals surface area contributed by atoms with E-state index in [2.05, 4.69) is 15.4 Å². The Balaban J connectivity index is 0.00000544. The SMILES string of the molecule is CC(=O)Nc1ccc(S(=O)(=O)NCCCCNC(=O)C(O)[C@H](N)CC2CCCCC2)cc1.Cl. The van der Waals surface area contributed by atoms with Crippen molar-refractivity contribution in [1.29, 1.82) is 0 Å². The summed E-state index contributed by atoms with van der Waals surface area (Å²) in [4.78, 5) is 23.3. The molecule has 188 valence electrons. The number of halogens is 1. The minimum absolute atomic E-state index is 0. The van der Waals surface area contributed by atoms with Crippen molar-refractivity contribution in [2.75, 3.05) is 18.4 Å². The number of amides is 2. The number of carbonyl (C=O) groups excluding carboxylic acids is 2. The fraction of sp³-hybridized carbons (Fsp3) is 0.636. The minimum Gasteiger partial charge on any atom is -0.382 e. The van der Waals surface area contributed by atoms with Crippen LogP contribution in [0.25, 0.3) is 0 Å². The molecule has 1 aromatic carbocycles. The van der Waals surface area contributed by atoms with Crippen molar-refractivity contribution in [3.8, 4) is 0 Å². The van der Waals surface area contributed by atoms with Crippen LogP contribution < -0.4 is 21.1 Å². The second-order valence-electron chi connectivity index (χ2n) is 8.45. The highest BCUT2D eigenvalue weighted by molar-refractivity contribution is 7.89. The summed E-state index contributed by atoms with van der Waals surface area (Å²) in [5, 5.41) is 15.4. The van der Waals surface area contributed by atoms with Crippen LogP contribution in [0.3, 0.4) is 0 Å². The summed E-state index contributed by atoms with van der Waals surface area (Å²) in [7, 11) is -3.65. The van der Waals surface area contributed by atoms with E-state index in [1.54, 1.807) is 0 Å². The summed E-state index contributed by atoms with van der Waals surface area (Å²) < 4.78 is 27.2. The summed E-state index contributed by atoms with van der Waals surface area (Å²) in [5.41, 5.74) is 6.55. The third-order valence-electron chi connectivity index (χ3n) is 5.68. The molecule has 33 heavy (non-hydrogen) atoms. The van der Waals surface area contributed by atoms with Crippen LogP contribution in [0.2, 0.25) is 0 Å². The van der Waals surface area contributed by atoms with E-state index >= 15 is 0 Å². The van der Waals surface area contributed by atoms with E-state index in [9.17, 15) is 23.1 Å². The molecule has 9 nitrogen and oxygen atoms in total. The maximum Gasteiger partial charge on any atom is 0.250 e. The number of benzene rings is 1. The van der Waals surface area contributed by atoms with Crippen molar-refractivity contribution >= 4 is 39.9 Å². The summed E-state index contributed by atoms with van der Waals surface area (Å²) in [6.07, 6.45) is 6.34. The van der Waals surface area contributed by atoms with E-state index in [-0.39, 0.29) is 29.8 Å². The molecule has 1 saturated carbocycles. The molecule has 1 aliphatic rings. The summed E-state index contributed by atoms with van der Waals surface area (Å²) in [6.45, 7) is 1.93. The zero-order chi connectivity index (χ0) is 23.6. The van der Waals surface area contributed by atoms with Gasteiger partial charge in [-0.2, -0.15) is 0 Å². The number of rotatable bonds is 12. The molecule has 2 amide bonds. The van der Waals surface area contributed by atoms with Crippen LogP contribution in [-0.4, -0.2) is 50.6 Å². The number of aliphatic hydroxyl groups excluding tert-OH is 1. The molecular formula is C22H37ClN4O5S. The quantitative estimate of drug-likeness (QED) is 0.274. The molecule has 0 spiro atoms. The topological polar surface area (TPSA) is 151 Å². The Bertz CT molecular complexity index is 845. The molecule has 1 unspecified atom stereocenters. The van der Waals surface area contributed by atoms with Crippen molar-refractivity contribution in [2.45, 2.75) is 75.3 Å². The number of hydrogen-bond donors (Lipinski definition) is 5. The fourth-order valence-corrected chi connectivity index (χ4v) is 4.98. The van der Waals surface area contributed by atoms with E-state index in [1.807, 2.05) is 0 Å². The number of aliphatic hydroxyl groups is 1. The van der Waals surface area contributed by atoms with Gasteiger partial charge in [0, 0.05) is 31.7 Å². The smallest absolute Gasteiger partial charge is 0.250 e. The van der Waals surface area contributed by atoms with Gasteiger partial charge in [-0.1, -0.05) is 32.1 Å². The Morgan fingerprint density at radius 1 is 1.09 bits per heavy atom. The first-order chi connectivity index (χ1) is 15.2. The van der Waals surface area contributed by atoms with Gasteiger partial charge in [0.15, 0.2) is 0 Å². The molecule has 0 heterocycles. The van der Waals surface area contributed by atoms with Crippen LogP contribution in [0.15, 0.2) is 29.2 Å². The Hall–Kier alpha value is -1.72. The van der Waals surface area contributed by atoms with Crippen molar-refractivity contribution in [1.82, 2.24) is 10.0 Å². The highest BCUT2D eigenvalue weighted by Gasteiger charge is 2.26. The molecule has 0 bridgehead atoms. The molecule has 0 radical (unpaired) electrons. The average molecular weight is 505 g/mol. The van der Waals surface area contributed by atoms with Gasteiger partial charge < -0.3 is 21.5 Å². The predicted molar refractivity (Wildman–Crippen MR) is 131 cm³/mol. The lowest BCUT2D eigenvalue weighted by Gasteiger charge is -2.26. The zero-order valence-electron chi connectivity index (χ0n) is 19.1. The van der Waals surface area contributed by atoms with Crippen molar-refractivity contribution < 1.29 is 23.1 Å². The predicted octanol–water partition coefficient (Wildman–Crippen LogP) is 1.90. The Morgan fingerprint density at radius 2 is 1.70 bits per heavy atom. The molecule has 0 aliphatic heterocycles. The summed E-state index contributed by atoms with van der Waals surface area (Å²) >= 11 is 0. The second-order valence-corrected chi connectivity index (χ2v) is 10.2. The van der Waals surface area contributed by atoms with E-state index in [4.69, 9.17) is 5.73 Å². The van der Waals surface area contributed by atoms with Gasteiger partial charge in [0.05, 0.1) is 4.90 Å². The highest BCUT2D eigenvalue weighted by atomic mass is 35.5. The van der Waals surface area contributed by atoms with E-state index in [1.165, 1.54) is 50.5 Å². The van der Waals surface area contributed by atoms with E-state index < -0.39 is 28.1 Å². The molecular weight excluding hydrogens is 468 g/mol. The molecule has 2 rings (SSSR count). The highest BCUT2D eigenvalue weighted by Crippen LogP contribution is 2.27. The van der Waals surface area contributed by atoms with Crippen LogP contribution in [0, 0.1) is 5.92 Å². The Labute approximate surface area is 202 Å². The number of nitrogens with two attached hydrogens (primary N) is 1. The van der Waals surface area contributed by atoms with E-state index in [0.29, 0.717) is 37.4 Å². The van der Waals surface area contributed by atoms with Crippen LogP contribution in [0.5, 0.6) is 0 Å². The average Bonchev–Trinajstić information content (AvgIpc) is 2.76. The first-order valence-electron chi connectivity index (χ1n) is 11.3. The number of anilines is 1. The molecule has 6 N–H and O–H groups in total. The molecule has 0 saturated heterocycles. The van der Waals surface area contributed by atoms with Gasteiger partial charge in [0.2, 0.25) is 21.8 Å². The lowest BCUT2D eigenvalue weighted by atomic mass is 9.84. The van der Waals surface area contributed by atoms with Crippen molar-refractivity contribution in [2.24, 2.45) is 11.7 Å². The monoisotopic (exact) mass is 504 g/mol. The van der Waals surface area contributed by atoms with Gasteiger partial charge in [0.25, 0.3) is 0 Å². The van der Waals surface area contributed by atoms with Crippen molar-refractivity contribution in [3.05, 3.63) is 24.3 Å². The molecule has 1 fully saturated rings. The molecule has 0 aromatic heterocycles. The maximum atomic E-state index is 12.3. The van der Waals surface area contributed by atoms with Crippen LogP contribution in [0.1, 0.15) is 58.3 Å². The Kier molecular flexibility index (Phi) is 12.9. The van der Waals surface area contributed by atoms with Crippen molar-refractivity contribution in [3.63, 3.8) is 0 Å². The number of carbonyl (C=O) groups is 2. The lowest BCUT2D eigenvalue weighted by molar-refractivity contribution is -0.130. The van der Waals surface area contributed by atoms with Gasteiger partial charge >= 0.3 is 0 Å². The number of unbranched alkanes of at least 4 members (excludes halogenated alkanes) is 1. The third-order valence-corrected chi connectivity index (χ3v) is 7.16. The van der Waals surface area contributed by atoms with Gasteiger partial charge in [-0.25, -0.2) is 13.1 Å². The molecule has 1 aliphatic carbocycles. The molecule has 2 atom stereocenters. The molecule has 1 aromatic rings. The minimum atomic E-state index is -3.65. The van der Waals surface area contributed by atoms with Gasteiger partial charge in [-0.05, 0) is 49.4 Å². The Morgan fingerprint density at radius 3 is 2.30 bits per heavy atom. The maximum absolute atomic E-state index is 12.3. The fourth-order valence-electron chi connectivity index (χ4n) is 3.91. The largest absolute Gasteiger partial charge is 0.382 e. The number of hydrogen-bond acceptors (Lipinski definition) is 6. The van der Waals surface area contributed by atoms with Crippen LogP contribution >= 0.6 is 12.4 Å². The van der Waals surface area contributed by atoms with Gasteiger partial charge in [0.1, 0.15) is 6.10 Å². The van der Waals surface area contributed by atoms with E-state index in [0.717, 1.165) is 12.8 Å². The summed E-state index contributed by atoms with van der Waals surface area (Å²) in [6, 6.07) is 5.32. The van der Waals surface area contributed by atoms with Gasteiger partial charge in [-0.15, -0.1) is 12.4 Å². The standard InChI is InChI=1S/C22H36N4O5S.ClH/c1-16(27)26-18-9-11-19(12-10-18)32(30,31)25-14-6-5-13-24-22(29)21(28)20(23)15-17-7-3-2-4-8-17;/h9-12,17,20-21,25,28H,2-8,13-15,23H2,1H3,(H,24,29)(H,26,27);1H/t20-,21?;/m1./s1. The first kappa shape index (κ1) is 29.3. The summed E-state index contributed by atoms with van der Waals surface area (Å²) in [5.74, 6) is -0.228. The number of nitrogens with one attached hydrogen (secondary N) is 3. The zero-order valence-corrected chi connectivity index (χ0v) is 20.7. The number of sulfonamides is 1. The second kappa shape index (κ2) is 14.5. The third kappa shape index (κ3) is 10.4. The first-order valence-corrected chi connectivity index (χ1v) is 12.8. The van der Waals surface area contributed by atoms with Crippen LogP contribution in [-0.2, 0) is 19.6 Å². The van der Waals surface area contributed by atoms with Crippen LogP contribution in [0.4, 0.5) is 5.69 Å².